The van der Waals surface area contributed by atoms with Crippen molar-refractivity contribution < 1.29 is 27.9 Å². The van der Waals surface area contributed by atoms with Crippen LogP contribution in [-0.4, -0.2) is 21.5 Å². The lowest BCUT2D eigenvalue weighted by molar-refractivity contribution is 0.0557. The minimum absolute atomic E-state index is 0.0593. The van der Waals surface area contributed by atoms with E-state index in [2.05, 4.69) is 28.1 Å². The van der Waals surface area contributed by atoms with Crippen molar-refractivity contribution >= 4 is 34.4 Å². The van der Waals surface area contributed by atoms with Crippen LogP contribution < -0.4 is 4.74 Å². The Hall–Kier alpha value is -2.51. The number of rotatable bonds is 7. The fourth-order valence-corrected chi connectivity index (χ4v) is 5.16. The first-order chi connectivity index (χ1) is 15.6. The van der Waals surface area contributed by atoms with E-state index in [1.165, 1.54) is 12.1 Å². The summed E-state index contributed by atoms with van der Waals surface area (Å²) in [5, 5.41) is 1.03. The minimum Gasteiger partial charge on any atom is -0.497 e. The number of fused-ring (bicyclic) bond motifs is 1. The summed E-state index contributed by atoms with van der Waals surface area (Å²) in [7, 11) is -4.04. The molecule has 0 aliphatic carbocycles. The van der Waals surface area contributed by atoms with Gasteiger partial charge in [-0.25, -0.2) is 0 Å². The highest BCUT2D eigenvalue weighted by molar-refractivity contribution is 9.10. The van der Waals surface area contributed by atoms with Crippen LogP contribution in [0.1, 0.15) is 22.3 Å². The van der Waals surface area contributed by atoms with Crippen molar-refractivity contribution in [2.45, 2.75) is 18.6 Å². The molecule has 33 heavy (non-hydrogen) atoms. The summed E-state index contributed by atoms with van der Waals surface area (Å²) < 4.78 is 46.9. The summed E-state index contributed by atoms with van der Waals surface area (Å²) in [5.41, 5.74) is -1.10. The Bertz CT molecular complexity index is 1350. The molecular weight excluding hydrogens is 515 g/mol. The summed E-state index contributed by atoms with van der Waals surface area (Å²) in [6.45, 7) is 0.387. The smallest absolute Gasteiger partial charge is 0.399 e. The topological polar surface area (TPSA) is 71.7 Å². The molecule has 172 valence electrons. The van der Waals surface area contributed by atoms with Gasteiger partial charge in [-0.1, -0.05) is 58.4 Å². The molecule has 0 amide bonds. The van der Waals surface area contributed by atoms with Crippen molar-refractivity contribution in [3.05, 3.63) is 99.7 Å². The van der Waals surface area contributed by atoms with Crippen LogP contribution in [0.4, 0.5) is 8.78 Å². The maximum atomic E-state index is 14.2. The molecule has 0 spiro atoms. The molecule has 2 N–H and O–H groups in total. The van der Waals surface area contributed by atoms with Gasteiger partial charge in [-0.2, -0.15) is 8.78 Å². The third-order valence-corrected chi connectivity index (χ3v) is 7.11. The van der Waals surface area contributed by atoms with Gasteiger partial charge in [-0.3, -0.25) is 4.57 Å². The molecule has 0 bridgehead atoms. The zero-order valence-electron chi connectivity index (χ0n) is 17.6. The third-order valence-electron chi connectivity index (χ3n) is 5.48. The number of halogens is 3. The van der Waals surface area contributed by atoms with Crippen LogP contribution in [0.15, 0.2) is 77.4 Å². The van der Waals surface area contributed by atoms with Crippen molar-refractivity contribution in [3.63, 3.8) is 0 Å². The van der Waals surface area contributed by atoms with Gasteiger partial charge < -0.3 is 19.1 Å². The maximum absolute atomic E-state index is 14.2. The van der Waals surface area contributed by atoms with Gasteiger partial charge >= 0.3 is 13.3 Å². The minimum atomic E-state index is -5.65. The van der Waals surface area contributed by atoms with Crippen molar-refractivity contribution in [2.75, 3.05) is 7.11 Å². The highest BCUT2D eigenvalue weighted by Gasteiger charge is 2.51. The molecule has 3 aromatic carbocycles. The number of methoxy groups -OCH3 is 1. The average molecular weight is 536 g/mol. The number of nitrogens with zero attached hydrogens (tertiary/aromatic N) is 1. The lowest BCUT2D eigenvalue weighted by atomic mass is 10.0. The Morgan fingerprint density at radius 1 is 1.03 bits per heavy atom. The van der Waals surface area contributed by atoms with Crippen LogP contribution in [-0.2, 0) is 23.2 Å². The molecule has 4 rings (SSSR count). The number of aromatic nitrogens is 1. The van der Waals surface area contributed by atoms with E-state index >= 15 is 0 Å². The van der Waals surface area contributed by atoms with Crippen molar-refractivity contribution in [3.8, 4) is 5.75 Å². The molecule has 5 nitrogen and oxygen atoms in total. The number of hydrogen-bond donors (Lipinski definition) is 2. The molecule has 1 heterocycles. The molecule has 0 saturated carbocycles. The highest BCUT2D eigenvalue weighted by atomic mass is 79.9. The van der Waals surface area contributed by atoms with Gasteiger partial charge in [0, 0.05) is 33.7 Å². The largest absolute Gasteiger partial charge is 0.497 e. The van der Waals surface area contributed by atoms with E-state index in [9.17, 15) is 13.3 Å². The summed E-state index contributed by atoms with van der Waals surface area (Å²) in [6.07, 6.45) is 2.75. The lowest BCUT2D eigenvalue weighted by Crippen LogP contribution is -2.14. The van der Waals surface area contributed by atoms with Gasteiger partial charge in [-0.05, 0) is 47.4 Å². The molecule has 1 aromatic heterocycles. The highest BCUT2D eigenvalue weighted by Crippen LogP contribution is 2.60. The van der Waals surface area contributed by atoms with E-state index in [0.717, 1.165) is 33.8 Å². The zero-order valence-corrected chi connectivity index (χ0v) is 20.1. The van der Waals surface area contributed by atoms with Gasteiger partial charge in [0.15, 0.2) is 0 Å². The number of ether oxygens (including phenoxy) is 1. The normalized spacial score (nSPS) is 12.3. The molecule has 0 unspecified atom stereocenters. The van der Waals surface area contributed by atoms with Gasteiger partial charge in [-0.15, -0.1) is 0 Å². The first kappa shape index (κ1) is 23.6. The van der Waals surface area contributed by atoms with Crippen LogP contribution >= 0.6 is 23.5 Å². The predicted octanol–water partition coefficient (Wildman–Crippen LogP) is 6.28. The summed E-state index contributed by atoms with van der Waals surface area (Å²) >= 11 is 3.06. The fourth-order valence-electron chi connectivity index (χ4n) is 3.82. The Balaban J connectivity index is 1.72. The second kappa shape index (κ2) is 9.03. The monoisotopic (exact) mass is 535 g/mol. The van der Waals surface area contributed by atoms with E-state index in [0.29, 0.717) is 18.5 Å². The molecule has 9 heteroatoms. The SMILES string of the molecule is COc1ccc2c(c1)c(Cc1ccccc1)cn2Cc1ccc(C(F)(F)P(=O)(O)O)c(Br)c1. The third kappa shape index (κ3) is 4.75. The predicted molar refractivity (Wildman–Crippen MR) is 127 cm³/mol. The zero-order chi connectivity index (χ0) is 23.8. The standard InChI is InChI=1S/C24H21BrF2NO4P/c1-32-19-8-10-23-20(13-19)18(11-16-5-3-2-4-6-16)15-28(23)14-17-7-9-21(22(25)12-17)24(26,27)33(29,30)31/h2-10,12-13,15H,11,14H2,1H3,(H2,29,30,31). The van der Waals surface area contributed by atoms with E-state index in [4.69, 9.17) is 14.5 Å². The van der Waals surface area contributed by atoms with Crippen molar-refractivity contribution in [1.82, 2.24) is 4.57 Å². The Morgan fingerprint density at radius 3 is 2.39 bits per heavy atom. The Labute approximate surface area is 197 Å². The Morgan fingerprint density at radius 2 is 1.76 bits per heavy atom. The van der Waals surface area contributed by atoms with E-state index in [1.807, 2.05) is 47.2 Å². The van der Waals surface area contributed by atoms with Gasteiger partial charge in [0.05, 0.1) is 7.11 Å². The van der Waals surface area contributed by atoms with E-state index in [1.54, 1.807) is 7.11 Å². The fraction of sp³-hybridized carbons (Fsp3) is 0.167. The summed E-state index contributed by atoms with van der Waals surface area (Å²) in [6, 6.07) is 19.8. The molecule has 0 saturated heterocycles. The quantitative estimate of drug-likeness (QED) is 0.273. The van der Waals surface area contributed by atoms with Gasteiger partial charge in [0.2, 0.25) is 0 Å². The average Bonchev–Trinajstić information content (AvgIpc) is 3.09. The van der Waals surface area contributed by atoms with Crippen LogP contribution in [0.2, 0.25) is 0 Å². The van der Waals surface area contributed by atoms with Crippen LogP contribution in [0, 0.1) is 0 Å². The van der Waals surface area contributed by atoms with E-state index < -0.39 is 18.8 Å². The maximum Gasteiger partial charge on any atom is 0.399 e. The van der Waals surface area contributed by atoms with Crippen molar-refractivity contribution in [2.24, 2.45) is 0 Å². The van der Waals surface area contributed by atoms with Crippen LogP contribution in [0.25, 0.3) is 10.9 Å². The van der Waals surface area contributed by atoms with E-state index in [-0.39, 0.29) is 4.47 Å². The molecule has 0 aliphatic rings. The van der Waals surface area contributed by atoms with Crippen molar-refractivity contribution in [1.29, 1.82) is 0 Å². The number of alkyl halides is 2. The molecule has 0 atom stereocenters. The van der Waals surface area contributed by atoms with Gasteiger partial charge in [0.25, 0.3) is 0 Å². The second-order valence-electron chi connectivity index (χ2n) is 7.73. The molecule has 0 radical (unpaired) electrons. The number of benzene rings is 3. The summed E-state index contributed by atoms with van der Waals surface area (Å²) in [5.74, 6) is 0.737. The molecule has 4 aromatic rings. The number of hydrogen-bond acceptors (Lipinski definition) is 2. The second-order valence-corrected chi connectivity index (χ2v) is 10.2. The van der Waals surface area contributed by atoms with Gasteiger partial charge in [0.1, 0.15) is 5.75 Å². The summed E-state index contributed by atoms with van der Waals surface area (Å²) in [4.78, 5) is 18.1. The lowest BCUT2D eigenvalue weighted by Gasteiger charge is -2.19. The molecular formula is C24H21BrF2NO4P. The molecule has 0 fully saturated rings. The van der Waals surface area contributed by atoms with Crippen LogP contribution in [0.5, 0.6) is 5.75 Å². The molecule has 0 aliphatic heterocycles. The Kier molecular flexibility index (Phi) is 6.47. The first-order valence-electron chi connectivity index (χ1n) is 10.0. The van der Waals surface area contributed by atoms with Crippen LogP contribution in [0.3, 0.4) is 0 Å². The first-order valence-corrected chi connectivity index (χ1v) is 12.4.